The summed E-state index contributed by atoms with van der Waals surface area (Å²) >= 11 is 0. The number of fused-ring (bicyclic) bond motifs is 1. The molecule has 2 aromatic rings. The van der Waals surface area contributed by atoms with E-state index in [1.54, 1.807) is 7.11 Å². The van der Waals surface area contributed by atoms with Gasteiger partial charge in [-0.15, -0.1) is 0 Å². The van der Waals surface area contributed by atoms with Gasteiger partial charge in [0.1, 0.15) is 5.82 Å². The zero-order chi connectivity index (χ0) is 13.9. The number of aromatic nitrogens is 3. The number of hydrogen-bond acceptors (Lipinski definition) is 5. The van der Waals surface area contributed by atoms with E-state index < -0.39 is 0 Å². The van der Waals surface area contributed by atoms with Gasteiger partial charge in [0.2, 0.25) is 5.88 Å². The lowest BCUT2D eigenvalue weighted by atomic mass is 10.1. The Labute approximate surface area is 118 Å². The Hall–Kier alpha value is -2.01. The Morgan fingerprint density at radius 1 is 1.25 bits per heavy atom. The molecule has 3 rings (SSSR count). The largest absolute Gasteiger partial charge is 0.481 e. The molecule has 0 amide bonds. The molecule has 20 heavy (non-hydrogen) atoms. The van der Waals surface area contributed by atoms with Gasteiger partial charge in [-0.1, -0.05) is 13.0 Å². The molecule has 0 unspecified atom stereocenters. The number of hydrogen-bond donors (Lipinski definition) is 1. The van der Waals surface area contributed by atoms with Crippen LogP contribution in [0.1, 0.15) is 35.3 Å². The van der Waals surface area contributed by atoms with Crippen molar-refractivity contribution in [2.75, 3.05) is 7.11 Å². The third-order valence-electron chi connectivity index (χ3n) is 3.52. The van der Waals surface area contributed by atoms with Crippen molar-refractivity contribution in [2.45, 2.75) is 32.9 Å². The predicted molar refractivity (Wildman–Crippen MR) is 75.5 cm³/mol. The molecule has 0 aromatic carbocycles. The van der Waals surface area contributed by atoms with E-state index in [-0.39, 0.29) is 0 Å². The minimum Gasteiger partial charge on any atom is -0.481 e. The molecular formula is C15H18N4O. The van der Waals surface area contributed by atoms with Gasteiger partial charge in [0.15, 0.2) is 0 Å². The quantitative estimate of drug-likeness (QED) is 0.915. The molecule has 0 radical (unpaired) electrons. The van der Waals surface area contributed by atoms with Gasteiger partial charge in [-0.3, -0.25) is 0 Å². The van der Waals surface area contributed by atoms with Gasteiger partial charge < -0.3 is 10.1 Å². The lowest BCUT2D eigenvalue weighted by molar-refractivity contribution is 0.397. The van der Waals surface area contributed by atoms with Crippen molar-refractivity contribution in [2.24, 2.45) is 0 Å². The van der Waals surface area contributed by atoms with Crippen LogP contribution in [0.15, 0.2) is 18.3 Å². The van der Waals surface area contributed by atoms with Gasteiger partial charge in [0, 0.05) is 43.0 Å². The first-order valence-corrected chi connectivity index (χ1v) is 6.87. The lowest BCUT2D eigenvalue weighted by Gasteiger charge is -2.08. The van der Waals surface area contributed by atoms with E-state index in [1.165, 1.54) is 5.56 Å². The summed E-state index contributed by atoms with van der Waals surface area (Å²) in [5.74, 6) is 1.50. The van der Waals surface area contributed by atoms with Crippen LogP contribution in [-0.4, -0.2) is 22.1 Å². The zero-order valence-electron chi connectivity index (χ0n) is 11.8. The second kappa shape index (κ2) is 5.54. The molecule has 0 aliphatic carbocycles. The highest BCUT2D eigenvalue weighted by Crippen LogP contribution is 2.19. The van der Waals surface area contributed by atoms with Crippen LogP contribution in [0.25, 0.3) is 0 Å². The molecule has 0 atom stereocenters. The molecule has 5 nitrogen and oxygen atoms in total. The summed E-state index contributed by atoms with van der Waals surface area (Å²) in [5.41, 5.74) is 4.69. The Bertz CT molecular complexity index is 610. The first kappa shape index (κ1) is 13.0. The second-order valence-corrected chi connectivity index (χ2v) is 4.85. The molecule has 0 spiro atoms. The second-order valence-electron chi connectivity index (χ2n) is 4.85. The third-order valence-corrected chi connectivity index (χ3v) is 3.52. The van der Waals surface area contributed by atoms with E-state index in [0.29, 0.717) is 12.3 Å². The fourth-order valence-corrected chi connectivity index (χ4v) is 2.48. The lowest BCUT2D eigenvalue weighted by Crippen LogP contribution is -2.06. The fraction of sp³-hybridized carbons (Fsp3) is 0.400. The summed E-state index contributed by atoms with van der Waals surface area (Å²) < 4.78 is 5.07. The van der Waals surface area contributed by atoms with Crippen LogP contribution in [0.3, 0.4) is 0 Å². The van der Waals surface area contributed by atoms with E-state index in [2.05, 4.69) is 22.2 Å². The smallest absolute Gasteiger partial charge is 0.212 e. The number of pyridine rings is 1. The topological polar surface area (TPSA) is 59.9 Å². The Balaban J connectivity index is 1.86. The molecule has 1 N–H and O–H groups in total. The molecule has 1 aliphatic heterocycles. The minimum absolute atomic E-state index is 0.627. The molecule has 0 saturated carbocycles. The highest BCUT2D eigenvalue weighted by atomic mass is 16.5. The SMILES string of the molecule is CCc1nc(Cc2ccc(OC)nc2)nc2c1CNC2. The number of nitrogens with one attached hydrogen (secondary N) is 1. The fourth-order valence-electron chi connectivity index (χ4n) is 2.48. The molecule has 0 bridgehead atoms. The Morgan fingerprint density at radius 2 is 2.15 bits per heavy atom. The van der Waals surface area contributed by atoms with E-state index in [4.69, 9.17) is 9.72 Å². The van der Waals surface area contributed by atoms with Gasteiger partial charge in [0.25, 0.3) is 0 Å². The van der Waals surface area contributed by atoms with Gasteiger partial charge in [-0.25, -0.2) is 15.0 Å². The van der Waals surface area contributed by atoms with Crippen molar-refractivity contribution in [1.82, 2.24) is 20.3 Å². The van der Waals surface area contributed by atoms with Gasteiger partial charge in [-0.2, -0.15) is 0 Å². The Kier molecular flexibility index (Phi) is 3.60. The average Bonchev–Trinajstić information content (AvgIpc) is 2.95. The summed E-state index contributed by atoms with van der Waals surface area (Å²) in [6, 6.07) is 3.87. The van der Waals surface area contributed by atoms with Crippen molar-refractivity contribution in [1.29, 1.82) is 0 Å². The Morgan fingerprint density at radius 3 is 2.85 bits per heavy atom. The zero-order valence-corrected chi connectivity index (χ0v) is 11.8. The summed E-state index contributed by atoms with van der Waals surface area (Å²) in [6.07, 6.45) is 3.47. The molecule has 1 aliphatic rings. The highest BCUT2D eigenvalue weighted by Gasteiger charge is 2.17. The highest BCUT2D eigenvalue weighted by molar-refractivity contribution is 5.30. The summed E-state index contributed by atoms with van der Waals surface area (Å²) in [4.78, 5) is 13.6. The van der Waals surface area contributed by atoms with Gasteiger partial charge >= 0.3 is 0 Å². The third kappa shape index (κ3) is 2.49. The number of nitrogens with zero attached hydrogens (tertiary/aromatic N) is 3. The van der Waals surface area contributed by atoms with Crippen LogP contribution in [0.2, 0.25) is 0 Å². The van der Waals surface area contributed by atoms with E-state index in [1.807, 2.05) is 18.3 Å². The van der Waals surface area contributed by atoms with E-state index in [9.17, 15) is 0 Å². The monoisotopic (exact) mass is 270 g/mol. The van der Waals surface area contributed by atoms with Gasteiger partial charge in [0.05, 0.1) is 12.8 Å². The van der Waals surface area contributed by atoms with Crippen molar-refractivity contribution >= 4 is 0 Å². The van der Waals surface area contributed by atoms with Crippen LogP contribution < -0.4 is 10.1 Å². The van der Waals surface area contributed by atoms with Crippen molar-refractivity contribution in [3.05, 3.63) is 46.7 Å². The average molecular weight is 270 g/mol. The summed E-state index contributed by atoms with van der Waals surface area (Å²) in [6.45, 7) is 3.88. The van der Waals surface area contributed by atoms with Crippen LogP contribution in [0, 0.1) is 0 Å². The van der Waals surface area contributed by atoms with Crippen molar-refractivity contribution < 1.29 is 4.74 Å². The van der Waals surface area contributed by atoms with E-state index >= 15 is 0 Å². The molecule has 2 aromatic heterocycles. The van der Waals surface area contributed by atoms with Crippen molar-refractivity contribution in [3.8, 4) is 5.88 Å². The maximum atomic E-state index is 5.07. The normalized spacial score (nSPS) is 13.3. The maximum Gasteiger partial charge on any atom is 0.212 e. The molecule has 104 valence electrons. The predicted octanol–water partition coefficient (Wildman–Crippen LogP) is 1.64. The maximum absolute atomic E-state index is 5.07. The number of methoxy groups -OCH3 is 1. The molecular weight excluding hydrogens is 252 g/mol. The van der Waals surface area contributed by atoms with Gasteiger partial charge in [-0.05, 0) is 12.0 Å². The number of aryl methyl sites for hydroxylation is 1. The van der Waals surface area contributed by atoms with Crippen LogP contribution in [-0.2, 0) is 25.9 Å². The summed E-state index contributed by atoms with van der Waals surface area (Å²) in [7, 11) is 1.62. The molecule has 0 fully saturated rings. The standard InChI is InChI=1S/C15H18N4O/c1-3-12-11-8-16-9-13(11)19-14(18-12)6-10-4-5-15(20-2)17-7-10/h4-5,7,16H,3,6,8-9H2,1-2H3. The summed E-state index contributed by atoms with van der Waals surface area (Å²) in [5, 5.41) is 3.34. The number of rotatable bonds is 4. The minimum atomic E-state index is 0.627. The molecule has 0 saturated heterocycles. The first-order chi connectivity index (χ1) is 9.80. The van der Waals surface area contributed by atoms with Crippen LogP contribution in [0.4, 0.5) is 0 Å². The molecule has 3 heterocycles. The number of ether oxygens (including phenoxy) is 1. The van der Waals surface area contributed by atoms with Crippen LogP contribution >= 0.6 is 0 Å². The van der Waals surface area contributed by atoms with E-state index in [0.717, 1.165) is 42.3 Å². The first-order valence-electron chi connectivity index (χ1n) is 6.87. The molecule has 5 heteroatoms. The van der Waals surface area contributed by atoms with Crippen LogP contribution in [0.5, 0.6) is 5.88 Å². The van der Waals surface area contributed by atoms with Crippen molar-refractivity contribution in [3.63, 3.8) is 0 Å².